The first kappa shape index (κ1) is 10.9. The fourth-order valence-corrected chi connectivity index (χ4v) is 1.58. The molecule has 1 heterocycles. The van der Waals surface area contributed by atoms with Gasteiger partial charge in [-0.15, -0.1) is 0 Å². The molecular formula is C12H18O2. The maximum atomic E-state index is 5.45. The standard InChI is InChI=1S/C10H12O2.C2H6/c1-7-5-8-3-4-12-10(8)9(6-7)11-2;1-2/h5-6H,3-4H2,1-2H3;1-2H3. The second-order valence-corrected chi connectivity index (χ2v) is 3.05. The van der Waals surface area contributed by atoms with Gasteiger partial charge >= 0.3 is 0 Å². The molecule has 0 saturated heterocycles. The molecule has 1 aromatic carbocycles. The summed E-state index contributed by atoms with van der Waals surface area (Å²) in [5.74, 6) is 1.80. The van der Waals surface area contributed by atoms with Crippen LogP contribution in [0.4, 0.5) is 0 Å². The molecule has 2 nitrogen and oxygen atoms in total. The van der Waals surface area contributed by atoms with Gasteiger partial charge in [0, 0.05) is 12.0 Å². The van der Waals surface area contributed by atoms with Crippen LogP contribution in [0.3, 0.4) is 0 Å². The van der Waals surface area contributed by atoms with E-state index in [1.54, 1.807) is 7.11 Å². The van der Waals surface area contributed by atoms with Gasteiger partial charge in [-0.1, -0.05) is 19.9 Å². The van der Waals surface area contributed by atoms with Crippen molar-refractivity contribution in [3.63, 3.8) is 0 Å². The van der Waals surface area contributed by atoms with Crippen LogP contribution in [-0.2, 0) is 6.42 Å². The SMILES string of the molecule is CC.COc1cc(C)cc2c1OCC2. The van der Waals surface area contributed by atoms with E-state index in [0.29, 0.717) is 0 Å². The van der Waals surface area contributed by atoms with Crippen LogP contribution in [0.2, 0.25) is 0 Å². The number of hydrogen-bond donors (Lipinski definition) is 0. The van der Waals surface area contributed by atoms with Crippen LogP contribution in [0.25, 0.3) is 0 Å². The number of aryl methyl sites for hydroxylation is 1. The van der Waals surface area contributed by atoms with Crippen LogP contribution < -0.4 is 9.47 Å². The van der Waals surface area contributed by atoms with E-state index >= 15 is 0 Å². The van der Waals surface area contributed by atoms with Gasteiger partial charge < -0.3 is 9.47 Å². The van der Waals surface area contributed by atoms with Crippen molar-refractivity contribution >= 4 is 0 Å². The number of ether oxygens (including phenoxy) is 2. The van der Waals surface area contributed by atoms with Gasteiger partial charge in [0.25, 0.3) is 0 Å². The van der Waals surface area contributed by atoms with Crippen molar-refractivity contribution in [3.8, 4) is 11.5 Å². The quantitative estimate of drug-likeness (QED) is 0.684. The maximum Gasteiger partial charge on any atom is 0.164 e. The Labute approximate surface area is 85.8 Å². The summed E-state index contributed by atoms with van der Waals surface area (Å²) in [5, 5.41) is 0. The first-order valence-electron chi connectivity index (χ1n) is 5.11. The van der Waals surface area contributed by atoms with Crippen molar-refractivity contribution in [3.05, 3.63) is 23.3 Å². The van der Waals surface area contributed by atoms with Crippen LogP contribution in [0.5, 0.6) is 11.5 Å². The highest BCUT2D eigenvalue weighted by molar-refractivity contribution is 5.51. The predicted molar refractivity (Wildman–Crippen MR) is 58.3 cm³/mol. The van der Waals surface area contributed by atoms with E-state index < -0.39 is 0 Å². The number of rotatable bonds is 1. The summed E-state index contributed by atoms with van der Waals surface area (Å²) < 4.78 is 10.7. The summed E-state index contributed by atoms with van der Waals surface area (Å²) in [6.45, 7) is 6.86. The average molecular weight is 194 g/mol. The molecule has 0 radical (unpaired) electrons. The van der Waals surface area contributed by atoms with Gasteiger partial charge in [-0.05, 0) is 18.6 Å². The van der Waals surface area contributed by atoms with E-state index in [1.165, 1.54) is 11.1 Å². The molecule has 0 bridgehead atoms. The van der Waals surface area contributed by atoms with E-state index in [2.05, 4.69) is 13.0 Å². The minimum absolute atomic E-state index is 0.787. The van der Waals surface area contributed by atoms with Gasteiger partial charge in [-0.3, -0.25) is 0 Å². The molecule has 14 heavy (non-hydrogen) atoms. The second-order valence-electron chi connectivity index (χ2n) is 3.05. The topological polar surface area (TPSA) is 18.5 Å². The molecule has 0 spiro atoms. The van der Waals surface area contributed by atoms with Crippen molar-refractivity contribution in [1.29, 1.82) is 0 Å². The Balaban J connectivity index is 0.000000461. The Hall–Kier alpha value is -1.18. The number of methoxy groups -OCH3 is 1. The third-order valence-electron chi connectivity index (χ3n) is 2.11. The molecule has 0 amide bonds. The number of hydrogen-bond acceptors (Lipinski definition) is 2. The fraction of sp³-hybridized carbons (Fsp3) is 0.500. The van der Waals surface area contributed by atoms with E-state index in [0.717, 1.165) is 24.5 Å². The summed E-state index contributed by atoms with van der Waals surface area (Å²) in [4.78, 5) is 0. The molecule has 0 aromatic heterocycles. The molecule has 78 valence electrons. The largest absolute Gasteiger partial charge is 0.493 e. The van der Waals surface area contributed by atoms with Crippen molar-refractivity contribution in [2.45, 2.75) is 27.2 Å². The summed E-state index contributed by atoms with van der Waals surface area (Å²) in [6.07, 6.45) is 1.01. The van der Waals surface area contributed by atoms with Crippen LogP contribution in [-0.4, -0.2) is 13.7 Å². The van der Waals surface area contributed by atoms with Gasteiger partial charge in [-0.2, -0.15) is 0 Å². The van der Waals surface area contributed by atoms with Crippen LogP contribution >= 0.6 is 0 Å². The zero-order valence-electron chi connectivity index (χ0n) is 9.39. The number of fused-ring (bicyclic) bond motifs is 1. The molecular weight excluding hydrogens is 176 g/mol. The van der Waals surface area contributed by atoms with Crippen molar-refractivity contribution in [2.75, 3.05) is 13.7 Å². The maximum absolute atomic E-state index is 5.45. The first-order chi connectivity index (χ1) is 6.81. The fourth-order valence-electron chi connectivity index (χ4n) is 1.58. The van der Waals surface area contributed by atoms with Crippen molar-refractivity contribution in [2.24, 2.45) is 0 Å². The average Bonchev–Trinajstić information content (AvgIpc) is 2.67. The van der Waals surface area contributed by atoms with E-state index in [-0.39, 0.29) is 0 Å². The Bertz CT molecular complexity index is 305. The Morgan fingerprint density at radius 3 is 2.64 bits per heavy atom. The van der Waals surface area contributed by atoms with E-state index in [4.69, 9.17) is 9.47 Å². The van der Waals surface area contributed by atoms with Gasteiger partial charge in [0.05, 0.1) is 13.7 Å². The predicted octanol–water partition coefficient (Wildman–Crippen LogP) is 2.96. The molecule has 1 aromatic rings. The summed E-state index contributed by atoms with van der Waals surface area (Å²) in [5.41, 5.74) is 2.50. The van der Waals surface area contributed by atoms with Gasteiger partial charge in [0.1, 0.15) is 0 Å². The van der Waals surface area contributed by atoms with Gasteiger partial charge in [0.2, 0.25) is 0 Å². The minimum Gasteiger partial charge on any atom is -0.493 e. The van der Waals surface area contributed by atoms with Crippen LogP contribution in [0, 0.1) is 6.92 Å². The molecule has 0 N–H and O–H groups in total. The van der Waals surface area contributed by atoms with E-state index in [9.17, 15) is 0 Å². The normalized spacial score (nSPS) is 12.3. The molecule has 2 heteroatoms. The molecule has 2 rings (SSSR count). The lowest BCUT2D eigenvalue weighted by molar-refractivity contribution is 0.326. The van der Waals surface area contributed by atoms with Crippen molar-refractivity contribution in [1.82, 2.24) is 0 Å². The lowest BCUT2D eigenvalue weighted by atomic mass is 10.1. The molecule has 0 aliphatic carbocycles. The summed E-state index contributed by atoms with van der Waals surface area (Å²) in [7, 11) is 1.68. The molecule has 0 fully saturated rings. The summed E-state index contributed by atoms with van der Waals surface area (Å²) in [6, 6.07) is 4.16. The van der Waals surface area contributed by atoms with Crippen LogP contribution in [0.1, 0.15) is 25.0 Å². The molecule has 0 atom stereocenters. The Morgan fingerprint density at radius 1 is 1.29 bits per heavy atom. The monoisotopic (exact) mass is 194 g/mol. The second kappa shape index (κ2) is 4.89. The number of benzene rings is 1. The summed E-state index contributed by atoms with van der Waals surface area (Å²) >= 11 is 0. The zero-order chi connectivity index (χ0) is 10.6. The molecule has 1 aliphatic heterocycles. The molecule has 1 aliphatic rings. The lowest BCUT2D eigenvalue weighted by Gasteiger charge is -2.07. The molecule has 0 saturated carbocycles. The Morgan fingerprint density at radius 2 is 2.00 bits per heavy atom. The third-order valence-corrected chi connectivity index (χ3v) is 2.11. The van der Waals surface area contributed by atoms with Crippen LogP contribution in [0.15, 0.2) is 12.1 Å². The van der Waals surface area contributed by atoms with Gasteiger partial charge in [-0.25, -0.2) is 0 Å². The first-order valence-corrected chi connectivity index (χ1v) is 5.11. The molecule has 0 unspecified atom stereocenters. The highest BCUT2D eigenvalue weighted by atomic mass is 16.5. The van der Waals surface area contributed by atoms with Gasteiger partial charge in [0.15, 0.2) is 11.5 Å². The highest BCUT2D eigenvalue weighted by Crippen LogP contribution is 2.36. The van der Waals surface area contributed by atoms with Crippen molar-refractivity contribution < 1.29 is 9.47 Å². The smallest absolute Gasteiger partial charge is 0.164 e. The van der Waals surface area contributed by atoms with E-state index in [1.807, 2.05) is 19.9 Å². The Kier molecular flexibility index (Phi) is 3.81. The minimum atomic E-state index is 0.787. The third kappa shape index (κ3) is 2.00. The lowest BCUT2D eigenvalue weighted by Crippen LogP contribution is -1.90. The highest BCUT2D eigenvalue weighted by Gasteiger charge is 2.17. The zero-order valence-corrected chi connectivity index (χ0v) is 9.39.